The summed E-state index contributed by atoms with van der Waals surface area (Å²) in [6, 6.07) is 16.5. The molecule has 20 heavy (non-hydrogen) atoms. The van der Waals surface area contributed by atoms with Crippen molar-refractivity contribution in [2.75, 3.05) is 18.5 Å². The molecule has 2 nitrogen and oxygen atoms in total. The molecule has 0 unspecified atom stereocenters. The van der Waals surface area contributed by atoms with E-state index < -0.39 is 0 Å². The zero-order chi connectivity index (χ0) is 14.5. The van der Waals surface area contributed by atoms with E-state index in [1.807, 2.05) is 31.2 Å². The highest BCUT2D eigenvalue weighted by atomic mass is 35.5. The summed E-state index contributed by atoms with van der Waals surface area (Å²) in [4.78, 5) is 2.18. The van der Waals surface area contributed by atoms with Gasteiger partial charge in [0.25, 0.3) is 0 Å². The maximum atomic E-state index is 6.35. The van der Waals surface area contributed by atoms with Crippen LogP contribution in [-0.2, 0) is 6.42 Å². The van der Waals surface area contributed by atoms with E-state index in [0.717, 1.165) is 29.2 Å². The van der Waals surface area contributed by atoms with Gasteiger partial charge in [0.2, 0.25) is 0 Å². The van der Waals surface area contributed by atoms with Gasteiger partial charge in [0.05, 0.1) is 10.7 Å². The van der Waals surface area contributed by atoms with E-state index in [4.69, 9.17) is 17.3 Å². The van der Waals surface area contributed by atoms with Crippen LogP contribution in [0.1, 0.15) is 24.1 Å². The molecule has 0 aliphatic rings. The molecule has 0 radical (unpaired) electrons. The summed E-state index contributed by atoms with van der Waals surface area (Å²) in [7, 11) is 2.07. The Hall–Kier alpha value is -1.51. The molecule has 0 aliphatic carbocycles. The molecule has 0 spiro atoms. The molecule has 1 atom stereocenters. The van der Waals surface area contributed by atoms with Crippen LogP contribution in [0.15, 0.2) is 48.5 Å². The Morgan fingerprint density at radius 2 is 1.85 bits per heavy atom. The summed E-state index contributed by atoms with van der Waals surface area (Å²) in [5, 5.41) is 0.760. The van der Waals surface area contributed by atoms with E-state index >= 15 is 0 Å². The van der Waals surface area contributed by atoms with Crippen LogP contribution in [0.5, 0.6) is 0 Å². The quantitative estimate of drug-likeness (QED) is 0.900. The lowest BCUT2D eigenvalue weighted by molar-refractivity contribution is 0.816. The third-order valence-corrected chi connectivity index (χ3v) is 3.79. The van der Waals surface area contributed by atoms with Crippen molar-refractivity contribution in [1.82, 2.24) is 0 Å². The average molecular weight is 289 g/mol. The van der Waals surface area contributed by atoms with Gasteiger partial charge in [-0.05, 0) is 36.6 Å². The molecule has 0 amide bonds. The first-order valence-corrected chi connectivity index (χ1v) is 7.26. The molecule has 3 heteroatoms. The Balaban J connectivity index is 2.04. The molecule has 0 bridgehead atoms. The highest BCUT2D eigenvalue weighted by Gasteiger charge is 2.08. The molecular formula is C17H21ClN2. The predicted octanol–water partition coefficient (Wildman–Crippen LogP) is 4.04. The second-order valence-electron chi connectivity index (χ2n) is 5.16. The molecule has 2 N–H and O–H groups in total. The highest BCUT2D eigenvalue weighted by Crippen LogP contribution is 2.27. The van der Waals surface area contributed by atoms with Gasteiger partial charge in [0.15, 0.2) is 0 Å². The zero-order valence-electron chi connectivity index (χ0n) is 12.0. The Bertz CT molecular complexity index is 552. The Morgan fingerprint density at radius 3 is 2.45 bits per heavy atom. The molecule has 2 aromatic carbocycles. The molecule has 0 aromatic heterocycles. The Morgan fingerprint density at radius 1 is 1.15 bits per heavy atom. The van der Waals surface area contributed by atoms with Gasteiger partial charge in [-0.2, -0.15) is 0 Å². The van der Waals surface area contributed by atoms with Crippen molar-refractivity contribution in [3.63, 3.8) is 0 Å². The van der Waals surface area contributed by atoms with Crippen molar-refractivity contribution in [3.05, 3.63) is 64.7 Å². The average Bonchev–Trinajstić information content (AvgIpc) is 2.45. The highest BCUT2D eigenvalue weighted by molar-refractivity contribution is 6.33. The number of benzene rings is 2. The van der Waals surface area contributed by atoms with Gasteiger partial charge < -0.3 is 10.6 Å². The van der Waals surface area contributed by atoms with Crippen molar-refractivity contribution in [2.24, 2.45) is 5.73 Å². The normalized spacial score (nSPS) is 12.2. The van der Waals surface area contributed by atoms with Gasteiger partial charge in [-0.3, -0.25) is 0 Å². The van der Waals surface area contributed by atoms with Crippen LogP contribution < -0.4 is 10.6 Å². The number of hydrogen-bond acceptors (Lipinski definition) is 2. The number of likely N-dealkylation sites (N-methyl/N-ethyl adjacent to an activating group) is 1. The van der Waals surface area contributed by atoms with E-state index in [1.165, 1.54) is 5.56 Å². The third kappa shape index (κ3) is 3.75. The van der Waals surface area contributed by atoms with Gasteiger partial charge in [0.1, 0.15) is 0 Å². The van der Waals surface area contributed by atoms with Gasteiger partial charge >= 0.3 is 0 Å². The van der Waals surface area contributed by atoms with Crippen LogP contribution in [0, 0.1) is 0 Å². The van der Waals surface area contributed by atoms with Crippen LogP contribution >= 0.6 is 11.6 Å². The molecule has 2 rings (SSSR count). The second kappa shape index (κ2) is 6.78. The van der Waals surface area contributed by atoms with E-state index in [2.05, 4.69) is 36.2 Å². The molecule has 0 fully saturated rings. The van der Waals surface area contributed by atoms with E-state index in [1.54, 1.807) is 0 Å². The predicted molar refractivity (Wildman–Crippen MR) is 87.5 cm³/mol. The van der Waals surface area contributed by atoms with Gasteiger partial charge in [0, 0.05) is 19.6 Å². The lowest BCUT2D eigenvalue weighted by Gasteiger charge is -2.21. The summed E-state index contributed by atoms with van der Waals surface area (Å²) in [6.45, 7) is 2.89. The Kier molecular flexibility index (Phi) is 5.05. The Labute approximate surface area is 126 Å². The smallest absolute Gasteiger partial charge is 0.0642 e. The van der Waals surface area contributed by atoms with Crippen molar-refractivity contribution in [2.45, 2.75) is 19.4 Å². The fraction of sp³-hybridized carbons (Fsp3) is 0.294. The van der Waals surface area contributed by atoms with Crippen LogP contribution in [0.4, 0.5) is 5.69 Å². The molecule has 0 aliphatic heterocycles. The first-order valence-electron chi connectivity index (χ1n) is 6.88. The number of anilines is 1. The molecule has 0 saturated carbocycles. The van der Waals surface area contributed by atoms with Crippen LogP contribution in [0.2, 0.25) is 5.02 Å². The number of rotatable bonds is 5. The summed E-state index contributed by atoms with van der Waals surface area (Å²) in [5.41, 5.74) is 9.32. The van der Waals surface area contributed by atoms with Crippen LogP contribution in [0.25, 0.3) is 0 Å². The minimum absolute atomic E-state index is 0.0103. The van der Waals surface area contributed by atoms with Crippen LogP contribution in [-0.4, -0.2) is 13.6 Å². The SMILES string of the molecule is C[C@H](N)c1ccc(N(C)CCc2ccccc2)c(Cl)c1. The van der Waals surface area contributed by atoms with Crippen molar-refractivity contribution in [1.29, 1.82) is 0 Å². The maximum Gasteiger partial charge on any atom is 0.0642 e. The summed E-state index contributed by atoms with van der Waals surface area (Å²) in [6.07, 6.45) is 1.00. The van der Waals surface area contributed by atoms with E-state index in [-0.39, 0.29) is 6.04 Å². The molecule has 0 saturated heterocycles. The monoisotopic (exact) mass is 288 g/mol. The van der Waals surface area contributed by atoms with E-state index in [0.29, 0.717) is 0 Å². The van der Waals surface area contributed by atoms with Gasteiger partial charge in [-0.25, -0.2) is 0 Å². The van der Waals surface area contributed by atoms with Crippen molar-refractivity contribution in [3.8, 4) is 0 Å². The van der Waals surface area contributed by atoms with Crippen molar-refractivity contribution >= 4 is 17.3 Å². The maximum absolute atomic E-state index is 6.35. The van der Waals surface area contributed by atoms with E-state index in [9.17, 15) is 0 Å². The van der Waals surface area contributed by atoms with Gasteiger partial charge in [-0.15, -0.1) is 0 Å². The fourth-order valence-corrected chi connectivity index (χ4v) is 2.51. The standard InChI is InChI=1S/C17H21ClN2/c1-13(19)15-8-9-17(16(18)12-15)20(2)11-10-14-6-4-3-5-7-14/h3-9,12-13H,10-11,19H2,1-2H3/t13-/m0/s1. The van der Waals surface area contributed by atoms with Crippen molar-refractivity contribution < 1.29 is 0 Å². The van der Waals surface area contributed by atoms with Crippen LogP contribution in [0.3, 0.4) is 0 Å². The topological polar surface area (TPSA) is 29.3 Å². The number of nitrogens with zero attached hydrogens (tertiary/aromatic N) is 1. The lowest BCUT2D eigenvalue weighted by Crippen LogP contribution is -2.20. The number of halogens is 1. The third-order valence-electron chi connectivity index (χ3n) is 3.49. The molecule has 106 valence electrons. The molecule has 0 heterocycles. The summed E-state index contributed by atoms with van der Waals surface area (Å²) in [5.74, 6) is 0. The first-order chi connectivity index (χ1) is 9.58. The summed E-state index contributed by atoms with van der Waals surface area (Å²) >= 11 is 6.35. The number of hydrogen-bond donors (Lipinski definition) is 1. The molecule has 2 aromatic rings. The first kappa shape index (κ1) is 14.9. The zero-order valence-corrected chi connectivity index (χ0v) is 12.8. The molecular weight excluding hydrogens is 268 g/mol. The summed E-state index contributed by atoms with van der Waals surface area (Å²) < 4.78 is 0. The minimum atomic E-state index is 0.0103. The number of nitrogens with two attached hydrogens (primary N) is 1. The largest absolute Gasteiger partial charge is 0.373 e. The lowest BCUT2D eigenvalue weighted by atomic mass is 10.1. The fourth-order valence-electron chi connectivity index (χ4n) is 2.18. The second-order valence-corrected chi connectivity index (χ2v) is 5.56. The van der Waals surface area contributed by atoms with Gasteiger partial charge in [-0.1, -0.05) is 48.0 Å². The minimum Gasteiger partial charge on any atom is -0.373 e.